The molecule has 1 N–H and O–H groups in total. The molecule has 1 aliphatic heterocycles. The summed E-state index contributed by atoms with van der Waals surface area (Å²) in [6.07, 6.45) is 8.20. The zero-order chi connectivity index (χ0) is 14.1. The minimum absolute atomic E-state index is 0.634. The smallest absolute Gasteiger partial charge is 0.0220 e. The van der Waals surface area contributed by atoms with Gasteiger partial charge in [0.25, 0.3) is 0 Å². The van der Waals surface area contributed by atoms with Crippen LogP contribution in [0.4, 0.5) is 0 Å². The second kappa shape index (κ2) is 9.73. The summed E-state index contributed by atoms with van der Waals surface area (Å²) >= 11 is 0. The van der Waals surface area contributed by atoms with E-state index in [4.69, 9.17) is 0 Å². The van der Waals surface area contributed by atoms with Crippen molar-refractivity contribution in [3.8, 4) is 0 Å². The molecule has 0 amide bonds. The van der Waals surface area contributed by atoms with E-state index in [2.05, 4.69) is 43.1 Å². The Morgan fingerprint density at radius 3 is 2.63 bits per heavy atom. The highest BCUT2D eigenvalue weighted by Crippen LogP contribution is 2.14. The first-order valence-corrected chi connectivity index (χ1v) is 8.21. The SMILES string of the molecule is CC(C)NCCCCCCN(C)C1CCCN(C)C1. The van der Waals surface area contributed by atoms with E-state index in [1.807, 2.05) is 0 Å². The van der Waals surface area contributed by atoms with E-state index in [1.54, 1.807) is 0 Å². The topological polar surface area (TPSA) is 18.5 Å². The van der Waals surface area contributed by atoms with Crippen LogP contribution in [0.3, 0.4) is 0 Å². The van der Waals surface area contributed by atoms with Crippen LogP contribution in [0, 0.1) is 0 Å². The monoisotopic (exact) mass is 269 g/mol. The molecule has 1 atom stereocenters. The third kappa shape index (κ3) is 7.91. The number of nitrogens with one attached hydrogen (secondary N) is 1. The minimum Gasteiger partial charge on any atom is -0.315 e. The van der Waals surface area contributed by atoms with Gasteiger partial charge in [0, 0.05) is 18.6 Å². The van der Waals surface area contributed by atoms with Crippen LogP contribution in [0.2, 0.25) is 0 Å². The lowest BCUT2D eigenvalue weighted by Crippen LogP contribution is -2.45. The quantitative estimate of drug-likeness (QED) is 0.649. The van der Waals surface area contributed by atoms with Gasteiger partial charge in [0.15, 0.2) is 0 Å². The Labute approximate surface area is 120 Å². The Hall–Kier alpha value is -0.120. The molecule has 0 aromatic carbocycles. The molecule has 0 saturated carbocycles. The molecule has 0 aliphatic carbocycles. The molecular formula is C16H35N3. The molecule has 0 aromatic heterocycles. The van der Waals surface area contributed by atoms with Gasteiger partial charge in [-0.25, -0.2) is 0 Å². The highest BCUT2D eigenvalue weighted by atomic mass is 15.2. The van der Waals surface area contributed by atoms with Crippen LogP contribution in [0.5, 0.6) is 0 Å². The van der Waals surface area contributed by atoms with E-state index in [0.717, 1.165) is 6.04 Å². The van der Waals surface area contributed by atoms with Crippen molar-refractivity contribution in [2.24, 2.45) is 0 Å². The summed E-state index contributed by atoms with van der Waals surface area (Å²) in [5.41, 5.74) is 0. The molecule has 0 bridgehead atoms. The molecule has 0 spiro atoms. The Morgan fingerprint density at radius 1 is 1.21 bits per heavy atom. The van der Waals surface area contributed by atoms with Gasteiger partial charge in [0.05, 0.1) is 0 Å². The molecule has 1 heterocycles. The van der Waals surface area contributed by atoms with Gasteiger partial charge in [-0.05, 0) is 59.4 Å². The van der Waals surface area contributed by atoms with E-state index >= 15 is 0 Å². The van der Waals surface area contributed by atoms with Gasteiger partial charge in [-0.1, -0.05) is 26.7 Å². The van der Waals surface area contributed by atoms with Crippen molar-refractivity contribution in [3.05, 3.63) is 0 Å². The Kier molecular flexibility index (Phi) is 8.67. The second-order valence-electron chi connectivity index (χ2n) is 6.56. The standard InChI is InChI=1S/C16H35N3/c1-15(2)17-11-7-5-6-8-13-19(4)16-10-9-12-18(3)14-16/h15-17H,5-14H2,1-4H3. The molecule has 0 radical (unpaired) electrons. The average Bonchev–Trinajstić information content (AvgIpc) is 2.37. The minimum atomic E-state index is 0.634. The summed E-state index contributed by atoms with van der Waals surface area (Å²) < 4.78 is 0. The maximum absolute atomic E-state index is 3.49. The Bertz CT molecular complexity index is 218. The third-order valence-electron chi connectivity index (χ3n) is 4.21. The predicted octanol–water partition coefficient (Wildman–Crippen LogP) is 2.57. The summed E-state index contributed by atoms with van der Waals surface area (Å²) in [4.78, 5) is 5.06. The van der Waals surface area contributed by atoms with E-state index in [0.29, 0.717) is 6.04 Å². The maximum atomic E-state index is 3.49. The van der Waals surface area contributed by atoms with Crippen molar-refractivity contribution >= 4 is 0 Å². The summed E-state index contributed by atoms with van der Waals surface area (Å²) in [6.45, 7) is 9.44. The summed E-state index contributed by atoms with van der Waals surface area (Å²) in [6, 6.07) is 1.43. The molecule has 19 heavy (non-hydrogen) atoms. The zero-order valence-corrected chi connectivity index (χ0v) is 13.6. The summed E-state index contributed by atoms with van der Waals surface area (Å²) in [7, 11) is 4.56. The normalized spacial score (nSPS) is 21.5. The van der Waals surface area contributed by atoms with Crippen LogP contribution >= 0.6 is 0 Å². The Morgan fingerprint density at radius 2 is 1.95 bits per heavy atom. The molecule has 3 heteroatoms. The first-order chi connectivity index (χ1) is 9.09. The van der Waals surface area contributed by atoms with Crippen LogP contribution in [0.25, 0.3) is 0 Å². The van der Waals surface area contributed by atoms with E-state index in [-0.39, 0.29) is 0 Å². The highest BCUT2D eigenvalue weighted by molar-refractivity contribution is 4.77. The van der Waals surface area contributed by atoms with Gasteiger partial charge in [-0.3, -0.25) is 0 Å². The van der Waals surface area contributed by atoms with E-state index in [9.17, 15) is 0 Å². The molecular weight excluding hydrogens is 234 g/mol. The van der Waals surface area contributed by atoms with Crippen molar-refractivity contribution in [3.63, 3.8) is 0 Å². The number of hydrogen-bond donors (Lipinski definition) is 1. The summed E-state index contributed by atoms with van der Waals surface area (Å²) in [5, 5.41) is 3.49. The number of hydrogen-bond acceptors (Lipinski definition) is 3. The lowest BCUT2D eigenvalue weighted by atomic mass is 10.0. The largest absolute Gasteiger partial charge is 0.315 e. The first-order valence-electron chi connectivity index (χ1n) is 8.21. The maximum Gasteiger partial charge on any atom is 0.0220 e. The number of rotatable bonds is 9. The average molecular weight is 269 g/mol. The third-order valence-corrected chi connectivity index (χ3v) is 4.21. The fourth-order valence-corrected chi connectivity index (χ4v) is 2.91. The van der Waals surface area contributed by atoms with Crippen LogP contribution in [-0.4, -0.2) is 62.2 Å². The van der Waals surface area contributed by atoms with Crippen LogP contribution < -0.4 is 5.32 Å². The zero-order valence-electron chi connectivity index (χ0n) is 13.6. The van der Waals surface area contributed by atoms with Gasteiger partial charge < -0.3 is 15.1 Å². The number of likely N-dealkylation sites (N-methyl/N-ethyl adjacent to an activating group) is 2. The fraction of sp³-hybridized carbons (Fsp3) is 1.00. The van der Waals surface area contributed by atoms with Crippen molar-refractivity contribution in [2.45, 2.75) is 64.5 Å². The van der Waals surface area contributed by atoms with Gasteiger partial charge in [-0.2, -0.15) is 0 Å². The van der Waals surface area contributed by atoms with Gasteiger partial charge in [0.1, 0.15) is 0 Å². The lowest BCUT2D eigenvalue weighted by Gasteiger charge is -2.35. The molecule has 0 aromatic rings. The predicted molar refractivity (Wildman–Crippen MR) is 84.8 cm³/mol. The van der Waals surface area contributed by atoms with E-state index in [1.165, 1.54) is 64.7 Å². The van der Waals surface area contributed by atoms with E-state index < -0.39 is 0 Å². The molecule has 1 fully saturated rings. The number of likely N-dealkylation sites (tertiary alicyclic amines) is 1. The van der Waals surface area contributed by atoms with Crippen molar-refractivity contribution < 1.29 is 0 Å². The molecule has 1 rings (SSSR count). The van der Waals surface area contributed by atoms with Crippen molar-refractivity contribution in [2.75, 3.05) is 40.3 Å². The van der Waals surface area contributed by atoms with Gasteiger partial charge >= 0.3 is 0 Å². The van der Waals surface area contributed by atoms with Crippen molar-refractivity contribution in [1.29, 1.82) is 0 Å². The van der Waals surface area contributed by atoms with Crippen LogP contribution in [-0.2, 0) is 0 Å². The number of piperidine rings is 1. The number of unbranched alkanes of at least 4 members (excludes halogenated alkanes) is 3. The fourth-order valence-electron chi connectivity index (χ4n) is 2.91. The molecule has 1 unspecified atom stereocenters. The first kappa shape index (κ1) is 16.9. The molecule has 1 saturated heterocycles. The highest BCUT2D eigenvalue weighted by Gasteiger charge is 2.20. The van der Waals surface area contributed by atoms with Crippen LogP contribution in [0.15, 0.2) is 0 Å². The van der Waals surface area contributed by atoms with Gasteiger partial charge in [0.2, 0.25) is 0 Å². The van der Waals surface area contributed by atoms with Gasteiger partial charge in [-0.15, -0.1) is 0 Å². The second-order valence-corrected chi connectivity index (χ2v) is 6.56. The Balaban J connectivity index is 1.96. The van der Waals surface area contributed by atoms with Crippen molar-refractivity contribution in [1.82, 2.24) is 15.1 Å². The number of nitrogens with zero attached hydrogens (tertiary/aromatic N) is 2. The molecule has 1 aliphatic rings. The lowest BCUT2D eigenvalue weighted by molar-refractivity contribution is 0.133. The molecule has 3 nitrogen and oxygen atoms in total. The summed E-state index contributed by atoms with van der Waals surface area (Å²) in [5.74, 6) is 0. The molecule has 114 valence electrons. The van der Waals surface area contributed by atoms with Crippen LogP contribution in [0.1, 0.15) is 52.4 Å².